The summed E-state index contributed by atoms with van der Waals surface area (Å²) >= 11 is 0. The number of carbonyl (C=O) groups excluding carboxylic acids is 3. The summed E-state index contributed by atoms with van der Waals surface area (Å²) in [6.07, 6.45) is -13.3. The van der Waals surface area contributed by atoms with E-state index in [4.69, 9.17) is 0 Å². The first kappa shape index (κ1) is 22.1. The van der Waals surface area contributed by atoms with E-state index in [1.54, 1.807) is 6.92 Å². The molecule has 24 heavy (non-hydrogen) atoms. The Morgan fingerprint density at radius 2 is 1.46 bits per heavy atom. The van der Waals surface area contributed by atoms with Crippen LogP contribution in [0.2, 0.25) is 0 Å². The fourth-order valence-electron chi connectivity index (χ4n) is 1.54. The highest BCUT2D eigenvalue weighted by atomic mass is 19.4. The van der Waals surface area contributed by atoms with Crippen molar-refractivity contribution >= 4 is 17.8 Å². The summed E-state index contributed by atoms with van der Waals surface area (Å²) in [5, 5.41) is 9.36. The van der Waals surface area contributed by atoms with Crippen LogP contribution in [0.5, 0.6) is 0 Å². The number of esters is 1. The minimum absolute atomic E-state index is 0.235. The molecule has 6 nitrogen and oxygen atoms in total. The van der Waals surface area contributed by atoms with E-state index in [0.717, 1.165) is 0 Å². The Labute approximate surface area is 132 Å². The van der Waals surface area contributed by atoms with Crippen LogP contribution in [-0.2, 0) is 19.1 Å². The highest BCUT2D eigenvalue weighted by Gasteiger charge is 2.56. The Balaban J connectivity index is 5.81. The number of amides is 2. The van der Waals surface area contributed by atoms with Crippen LogP contribution >= 0.6 is 0 Å². The molecule has 0 aromatic heterocycles. The van der Waals surface area contributed by atoms with Gasteiger partial charge in [-0.25, -0.2) is 9.69 Å². The molecule has 0 aromatic carbocycles. The van der Waals surface area contributed by atoms with Gasteiger partial charge in [-0.15, -0.1) is 0 Å². The van der Waals surface area contributed by atoms with Crippen molar-refractivity contribution in [3.63, 3.8) is 0 Å². The van der Waals surface area contributed by atoms with Gasteiger partial charge in [0.15, 0.2) is 6.04 Å². The minimum atomic E-state index is -5.88. The summed E-state index contributed by atoms with van der Waals surface area (Å²) in [5.74, 6) is -8.22. The molecule has 0 saturated heterocycles. The van der Waals surface area contributed by atoms with Crippen molar-refractivity contribution in [3.8, 4) is 0 Å². The van der Waals surface area contributed by atoms with Crippen molar-refractivity contribution < 1.29 is 50.6 Å². The van der Waals surface area contributed by atoms with Gasteiger partial charge in [0, 0.05) is 0 Å². The molecule has 0 aliphatic heterocycles. The monoisotopic (exact) mass is 367 g/mol. The predicted molar refractivity (Wildman–Crippen MR) is 65.3 cm³/mol. The maximum atomic E-state index is 12.5. The van der Waals surface area contributed by atoms with E-state index in [9.17, 15) is 45.8 Å². The van der Waals surface area contributed by atoms with Gasteiger partial charge in [0.2, 0.25) is 0 Å². The van der Waals surface area contributed by atoms with Gasteiger partial charge in [0.25, 0.3) is 0 Å². The summed E-state index contributed by atoms with van der Waals surface area (Å²) < 4.78 is 79.4. The van der Waals surface area contributed by atoms with Crippen molar-refractivity contribution in [1.29, 1.82) is 0 Å². The predicted octanol–water partition coefficient (Wildman–Crippen LogP) is 1.56. The molecule has 1 N–H and O–H groups in total. The molecule has 2 atom stereocenters. The topological polar surface area (TPSA) is 83.9 Å². The molecule has 0 rings (SSSR count). The summed E-state index contributed by atoms with van der Waals surface area (Å²) in [7, 11) is 0. The lowest BCUT2D eigenvalue weighted by molar-refractivity contribution is -0.211. The van der Waals surface area contributed by atoms with Crippen LogP contribution in [0.15, 0.2) is 0 Å². The van der Waals surface area contributed by atoms with E-state index >= 15 is 0 Å². The van der Waals surface area contributed by atoms with E-state index < -0.39 is 47.2 Å². The molecule has 2 unspecified atom stereocenters. The number of nitrogens with zero attached hydrogens (tertiary/aromatic N) is 1. The third-order valence-corrected chi connectivity index (χ3v) is 2.64. The van der Waals surface area contributed by atoms with Crippen LogP contribution < -0.4 is 0 Å². The zero-order valence-electron chi connectivity index (χ0n) is 12.6. The SMILES string of the molecule is CCCCOC(=O)C(C(C)O)N(C(=O)C(F)(F)F)C(=O)C(F)(F)F. The molecular formula is C12H15F6NO5. The smallest absolute Gasteiger partial charge is 0.464 e. The number of hydrogen-bond donors (Lipinski definition) is 1. The second-order valence-corrected chi connectivity index (χ2v) is 4.68. The number of aliphatic hydroxyl groups excluding tert-OH is 1. The standard InChI is InChI=1S/C12H15F6NO5/c1-3-4-5-24-8(21)7(6(2)20)19(9(22)11(13,14)15)10(23)12(16,17)18/h6-7,20H,3-5H2,1-2H3. The average Bonchev–Trinajstić information content (AvgIpc) is 2.40. The van der Waals surface area contributed by atoms with Crippen molar-refractivity contribution in [2.24, 2.45) is 0 Å². The van der Waals surface area contributed by atoms with Gasteiger partial charge < -0.3 is 9.84 Å². The van der Waals surface area contributed by atoms with E-state index in [1.165, 1.54) is 0 Å². The number of halogens is 6. The van der Waals surface area contributed by atoms with Crippen LogP contribution in [0.1, 0.15) is 26.7 Å². The molecule has 0 fully saturated rings. The van der Waals surface area contributed by atoms with E-state index in [0.29, 0.717) is 13.3 Å². The lowest BCUT2D eigenvalue weighted by atomic mass is 10.1. The Hall–Kier alpha value is -1.85. The average molecular weight is 367 g/mol. The zero-order valence-corrected chi connectivity index (χ0v) is 12.6. The molecular weight excluding hydrogens is 352 g/mol. The van der Waals surface area contributed by atoms with Crippen LogP contribution in [0.25, 0.3) is 0 Å². The summed E-state index contributed by atoms with van der Waals surface area (Å²) in [4.78, 5) is 32.7. The molecule has 0 heterocycles. The van der Waals surface area contributed by atoms with Crippen molar-refractivity contribution in [2.75, 3.05) is 6.61 Å². The van der Waals surface area contributed by atoms with Gasteiger partial charge in [-0.3, -0.25) is 9.59 Å². The third-order valence-electron chi connectivity index (χ3n) is 2.64. The number of hydrogen-bond acceptors (Lipinski definition) is 5. The van der Waals surface area contributed by atoms with Crippen molar-refractivity contribution in [3.05, 3.63) is 0 Å². The quantitative estimate of drug-likeness (QED) is 0.438. The first-order valence-electron chi connectivity index (χ1n) is 6.61. The molecule has 0 aromatic rings. The molecule has 0 saturated carbocycles. The summed E-state index contributed by atoms with van der Waals surface area (Å²) in [6, 6.07) is -2.79. The summed E-state index contributed by atoms with van der Waals surface area (Å²) in [6.45, 7) is 1.94. The first-order chi connectivity index (χ1) is 10.7. The number of unbranched alkanes of at least 4 members (excludes halogenated alkanes) is 1. The Morgan fingerprint density at radius 3 is 1.75 bits per heavy atom. The van der Waals surface area contributed by atoms with Crippen LogP contribution in [0, 0.1) is 0 Å². The van der Waals surface area contributed by atoms with Gasteiger partial charge in [-0.2, -0.15) is 26.3 Å². The fraction of sp³-hybridized carbons (Fsp3) is 0.750. The first-order valence-corrected chi connectivity index (χ1v) is 6.61. The van der Waals surface area contributed by atoms with Crippen LogP contribution in [0.4, 0.5) is 26.3 Å². The van der Waals surface area contributed by atoms with Crippen molar-refractivity contribution in [1.82, 2.24) is 4.90 Å². The number of ether oxygens (including phenoxy) is 1. The number of carbonyl (C=O) groups is 3. The van der Waals surface area contributed by atoms with E-state index in [1.807, 2.05) is 0 Å². The van der Waals surface area contributed by atoms with Crippen LogP contribution in [0.3, 0.4) is 0 Å². The summed E-state index contributed by atoms with van der Waals surface area (Å²) in [5.41, 5.74) is 0. The Kier molecular flexibility index (Phi) is 7.67. The van der Waals surface area contributed by atoms with Gasteiger partial charge in [0.05, 0.1) is 12.7 Å². The van der Waals surface area contributed by atoms with E-state index in [-0.39, 0.29) is 13.0 Å². The minimum Gasteiger partial charge on any atom is -0.464 e. The largest absolute Gasteiger partial charge is 0.471 e. The molecule has 0 spiro atoms. The second-order valence-electron chi connectivity index (χ2n) is 4.68. The van der Waals surface area contributed by atoms with Gasteiger partial charge in [0.1, 0.15) is 0 Å². The highest BCUT2D eigenvalue weighted by Crippen LogP contribution is 2.27. The van der Waals surface area contributed by atoms with Crippen molar-refractivity contribution in [2.45, 2.75) is 51.2 Å². The van der Waals surface area contributed by atoms with Gasteiger partial charge in [-0.05, 0) is 13.3 Å². The normalized spacial score (nSPS) is 14.7. The maximum absolute atomic E-state index is 12.5. The Bertz CT molecular complexity index is 448. The molecule has 0 radical (unpaired) electrons. The highest BCUT2D eigenvalue weighted by molar-refractivity contribution is 6.03. The lowest BCUT2D eigenvalue weighted by Gasteiger charge is -2.31. The number of imide groups is 1. The van der Waals surface area contributed by atoms with Gasteiger partial charge in [-0.1, -0.05) is 13.3 Å². The Morgan fingerprint density at radius 1 is 1.04 bits per heavy atom. The number of rotatable bonds is 6. The van der Waals surface area contributed by atoms with E-state index in [2.05, 4.69) is 4.74 Å². The van der Waals surface area contributed by atoms with Crippen LogP contribution in [-0.4, -0.2) is 58.9 Å². The maximum Gasteiger partial charge on any atom is 0.471 e. The van der Waals surface area contributed by atoms with Gasteiger partial charge >= 0.3 is 30.1 Å². The molecule has 2 amide bonds. The fourth-order valence-corrected chi connectivity index (χ4v) is 1.54. The third kappa shape index (κ3) is 5.98. The number of alkyl halides is 6. The zero-order chi connectivity index (χ0) is 19.3. The molecule has 0 aliphatic carbocycles. The molecule has 12 heteroatoms. The molecule has 0 aliphatic rings. The molecule has 140 valence electrons. The number of aliphatic hydroxyl groups is 1. The second kappa shape index (κ2) is 8.31. The molecule has 0 bridgehead atoms. The lowest BCUT2D eigenvalue weighted by Crippen LogP contribution is -2.60.